The first-order valence-electron chi connectivity index (χ1n) is 6.67. The Morgan fingerprint density at radius 3 is 2.95 bits per heavy atom. The Hall–Kier alpha value is -2.47. The molecule has 0 amide bonds. The van der Waals surface area contributed by atoms with Crippen LogP contribution in [0.25, 0.3) is 16.7 Å². The fourth-order valence-corrected chi connectivity index (χ4v) is 2.36. The van der Waals surface area contributed by atoms with Crippen LogP contribution in [0, 0.1) is 5.82 Å². The highest BCUT2D eigenvalue weighted by atomic mass is 19.1. The highest BCUT2D eigenvalue weighted by molar-refractivity contribution is 6.30. The zero-order valence-electron chi connectivity index (χ0n) is 12.0. The minimum atomic E-state index is -1.45. The van der Waals surface area contributed by atoms with E-state index in [1.54, 1.807) is 25.3 Å². The molecule has 1 unspecified atom stereocenters. The lowest BCUT2D eigenvalue weighted by atomic mass is 9.85. The number of rotatable bonds is 3. The van der Waals surface area contributed by atoms with Crippen LogP contribution in [-0.2, 0) is 5.60 Å². The van der Waals surface area contributed by atoms with Gasteiger partial charge in [-0.15, -0.1) is 0 Å². The smallest absolute Gasteiger partial charge is 0.156 e. The van der Waals surface area contributed by atoms with Crippen LogP contribution in [0.3, 0.4) is 0 Å². The number of hydrogen-bond acceptors (Lipinski definition) is 3. The molecule has 0 saturated heterocycles. The van der Waals surface area contributed by atoms with Crippen molar-refractivity contribution in [3.05, 3.63) is 60.2 Å². The number of halogens is 1. The minimum Gasteiger partial charge on any atom is -0.381 e. The molecule has 0 aliphatic heterocycles. The van der Waals surface area contributed by atoms with Gasteiger partial charge in [0, 0.05) is 23.6 Å². The van der Waals surface area contributed by atoms with Gasteiger partial charge in [-0.3, -0.25) is 4.98 Å². The average Bonchev–Trinajstić information content (AvgIpc) is 2.89. The zero-order chi connectivity index (χ0) is 15.9. The summed E-state index contributed by atoms with van der Waals surface area (Å²) < 4.78 is 13.4. The van der Waals surface area contributed by atoms with Crippen LogP contribution in [0.1, 0.15) is 18.1 Å². The molecule has 6 heteroatoms. The maximum absolute atomic E-state index is 13.4. The fraction of sp³-hybridized carbons (Fsp3) is 0.125. The predicted molar refractivity (Wildman–Crippen MR) is 84.3 cm³/mol. The topological polar surface area (TPSA) is 61.8 Å². The molecule has 2 aromatic heterocycles. The Bertz CT molecular complexity index is 873. The quantitative estimate of drug-likeness (QED) is 0.724. The van der Waals surface area contributed by atoms with Gasteiger partial charge in [0.05, 0.1) is 0 Å². The first kappa shape index (κ1) is 14.5. The number of aliphatic hydroxyl groups is 1. The van der Waals surface area contributed by atoms with Gasteiger partial charge < -0.3 is 10.1 Å². The van der Waals surface area contributed by atoms with Crippen LogP contribution in [0.15, 0.2) is 43.2 Å². The van der Waals surface area contributed by atoms with Crippen molar-refractivity contribution in [1.82, 2.24) is 15.0 Å². The Kier molecular flexibility index (Phi) is 3.33. The largest absolute Gasteiger partial charge is 0.381 e. The normalized spacial score (nSPS) is 14.0. The molecule has 2 N–H and O–H groups in total. The highest BCUT2D eigenvalue weighted by Crippen LogP contribution is 2.36. The predicted octanol–water partition coefficient (Wildman–Crippen LogP) is 1.81. The van der Waals surface area contributed by atoms with Crippen LogP contribution in [0.5, 0.6) is 0 Å². The molecular weight excluding hydrogens is 280 g/mol. The van der Waals surface area contributed by atoms with E-state index in [9.17, 15) is 9.50 Å². The number of aromatic amines is 1. The first-order chi connectivity index (χ1) is 10.4. The molecule has 3 aromatic rings. The molecule has 1 atom stereocenters. The molecule has 4 nitrogen and oxygen atoms in total. The molecule has 0 aliphatic rings. The third-order valence-electron chi connectivity index (χ3n) is 3.70. The summed E-state index contributed by atoms with van der Waals surface area (Å²) in [4.78, 5) is 11.3. The lowest BCUT2D eigenvalue weighted by Gasteiger charge is -2.26. The van der Waals surface area contributed by atoms with Crippen molar-refractivity contribution < 1.29 is 9.50 Å². The van der Waals surface area contributed by atoms with Gasteiger partial charge in [-0.1, -0.05) is 18.7 Å². The standard InChI is InChI=1S/C16H13BFN3O/c1-9(16(2,22)10-4-3-5-11(18)6-10)12-7-19-15-14(12)21-13(17)8-20-15/h3-8,22H,1H2,2H3,(H,19,20). The number of benzene rings is 1. The SMILES string of the molecule is [B]c1cnc2[nH]cc(C(=C)C(C)(O)c3cccc(F)c3)c2n1. The summed E-state index contributed by atoms with van der Waals surface area (Å²) in [5.74, 6) is -0.423. The van der Waals surface area contributed by atoms with E-state index in [1.807, 2.05) is 0 Å². The second kappa shape index (κ2) is 5.07. The monoisotopic (exact) mass is 293 g/mol. The summed E-state index contributed by atoms with van der Waals surface area (Å²) in [6, 6.07) is 5.78. The molecule has 1 aromatic carbocycles. The summed E-state index contributed by atoms with van der Waals surface area (Å²) in [5, 5.41) is 10.8. The molecule has 3 rings (SSSR count). The van der Waals surface area contributed by atoms with Gasteiger partial charge >= 0.3 is 0 Å². The third-order valence-corrected chi connectivity index (χ3v) is 3.70. The number of hydrogen-bond donors (Lipinski definition) is 2. The molecule has 0 fully saturated rings. The summed E-state index contributed by atoms with van der Waals surface area (Å²) in [7, 11) is 5.66. The van der Waals surface area contributed by atoms with Gasteiger partial charge in [-0.25, -0.2) is 9.37 Å². The molecule has 0 aliphatic carbocycles. The van der Waals surface area contributed by atoms with Crippen LogP contribution in [0.2, 0.25) is 0 Å². The number of nitrogens with zero attached hydrogens (tertiary/aromatic N) is 2. The van der Waals surface area contributed by atoms with Crippen LogP contribution >= 0.6 is 0 Å². The Morgan fingerprint density at radius 2 is 2.23 bits per heavy atom. The number of aromatic nitrogens is 3. The molecule has 0 bridgehead atoms. The van der Waals surface area contributed by atoms with Gasteiger partial charge in [-0.2, -0.15) is 0 Å². The van der Waals surface area contributed by atoms with E-state index >= 15 is 0 Å². The van der Waals surface area contributed by atoms with Crippen LogP contribution in [0.4, 0.5) is 4.39 Å². The third kappa shape index (κ3) is 2.31. The van der Waals surface area contributed by atoms with Crippen molar-refractivity contribution in [1.29, 1.82) is 0 Å². The Balaban J connectivity index is 2.10. The summed E-state index contributed by atoms with van der Waals surface area (Å²) in [6.07, 6.45) is 3.09. The van der Waals surface area contributed by atoms with Gasteiger partial charge in [-0.05, 0) is 30.2 Å². The van der Waals surface area contributed by atoms with E-state index in [2.05, 4.69) is 21.5 Å². The van der Waals surface area contributed by atoms with Crippen molar-refractivity contribution in [3.63, 3.8) is 0 Å². The summed E-state index contributed by atoms with van der Waals surface area (Å²) in [6.45, 7) is 5.51. The lowest BCUT2D eigenvalue weighted by Crippen LogP contribution is -2.23. The van der Waals surface area contributed by atoms with E-state index < -0.39 is 11.4 Å². The van der Waals surface area contributed by atoms with Crippen molar-refractivity contribution in [2.24, 2.45) is 0 Å². The number of nitrogens with one attached hydrogen (secondary N) is 1. The Labute approximate surface area is 128 Å². The average molecular weight is 293 g/mol. The lowest BCUT2D eigenvalue weighted by molar-refractivity contribution is 0.122. The van der Waals surface area contributed by atoms with Gasteiger partial charge in [0.1, 0.15) is 24.8 Å². The van der Waals surface area contributed by atoms with Crippen molar-refractivity contribution in [2.75, 3.05) is 0 Å². The van der Waals surface area contributed by atoms with Crippen molar-refractivity contribution in [3.8, 4) is 0 Å². The molecule has 108 valence electrons. The van der Waals surface area contributed by atoms with Crippen LogP contribution < -0.4 is 5.59 Å². The van der Waals surface area contributed by atoms with E-state index in [0.717, 1.165) is 0 Å². The maximum Gasteiger partial charge on any atom is 0.156 e. The molecule has 22 heavy (non-hydrogen) atoms. The second-order valence-corrected chi connectivity index (χ2v) is 5.26. The second-order valence-electron chi connectivity index (χ2n) is 5.26. The number of H-pyrrole nitrogens is 1. The highest BCUT2D eigenvalue weighted by Gasteiger charge is 2.30. The van der Waals surface area contributed by atoms with E-state index in [0.29, 0.717) is 27.9 Å². The Morgan fingerprint density at radius 1 is 1.45 bits per heavy atom. The van der Waals surface area contributed by atoms with Gasteiger partial charge in [0.2, 0.25) is 0 Å². The van der Waals surface area contributed by atoms with E-state index in [1.165, 1.54) is 18.3 Å². The fourth-order valence-electron chi connectivity index (χ4n) is 2.36. The molecule has 0 spiro atoms. The molecule has 0 saturated carbocycles. The minimum absolute atomic E-state index is 0.270. The number of fused-ring (bicyclic) bond motifs is 1. The van der Waals surface area contributed by atoms with Crippen molar-refractivity contribution >= 4 is 30.2 Å². The van der Waals surface area contributed by atoms with Gasteiger partial charge in [0.15, 0.2) is 5.65 Å². The van der Waals surface area contributed by atoms with E-state index in [4.69, 9.17) is 7.85 Å². The first-order valence-corrected chi connectivity index (χ1v) is 6.67. The molecule has 2 heterocycles. The summed E-state index contributed by atoms with van der Waals surface area (Å²) in [5.41, 5.74) is 1.24. The van der Waals surface area contributed by atoms with Crippen molar-refractivity contribution in [2.45, 2.75) is 12.5 Å². The van der Waals surface area contributed by atoms with E-state index in [-0.39, 0.29) is 5.59 Å². The van der Waals surface area contributed by atoms with Crippen LogP contribution in [-0.4, -0.2) is 27.9 Å². The maximum atomic E-state index is 13.4. The zero-order valence-corrected chi connectivity index (χ0v) is 12.0. The molecular formula is C16H13BFN3O. The van der Waals surface area contributed by atoms with Gasteiger partial charge in [0.25, 0.3) is 0 Å². The summed E-state index contributed by atoms with van der Waals surface area (Å²) >= 11 is 0. The molecule has 2 radical (unpaired) electrons.